The van der Waals surface area contributed by atoms with Crippen molar-refractivity contribution in [2.75, 3.05) is 26.2 Å². The molecule has 1 heterocycles. The van der Waals surface area contributed by atoms with Crippen molar-refractivity contribution in [3.63, 3.8) is 0 Å². The molecule has 174 valence electrons. The molecule has 2 aliphatic rings. The number of hydrogen-bond acceptors (Lipinski definition) is 5. The van der Waals surface area contributed by atoms with Gasteiger partial charge in [-0.25, -0.2) is 4.39 Å². The molecule has 7 heteroatoms. The quantitative estimate of drug-likeness (QED) is 0.636. The lowest BCUT2D eigenvalue weighted by molar-refractivity contribution is -0.121. The number of carbonyl (C=O) groups is 2. The second-order valence-electron chi connectivity index (χ2n) is 9.19. The smallest absolute Gasteiger partial charge is 0.232 e. The zero-order valence-corrected chi connectivity index (χ0v) is 19.5. The number of nitrogens with zero attached hydrogens (tertiary/aromatic N) is 1. The van der Waals surface area contributed by atoms with Crippen LogP contribution in [0, 0.1) is 11.2 Å². The Hall–Kier alpha value is -3.35. The molecule has 0 radical (unpaired) electrons. The van der Waals surface area contributed by atoms with Crippen molar-refractivity contribution >= 4 is 17.4 Å². The Bertz CT molecular complexity index is 1150. The van der Waals surface area contributed by atoms with Crippen LogP contribution in [0.3, 0.4) is 0 Å². The maximum Gasteiger partial charge on any atom is 0.232 e. The fraction of sp³-hybridized carbons (Fsp3) is 0.385. The number of ketones is 1. The van der Waals surface area contributed by atoms with Gasteiger partial charge in [-0.05, 0) is 36.1 Å². The number of anilines is 1. The normalized spacial score (nSPS) is 19.9. The third-order valence-electron chi connectivity index (χ3n) is 6.32. The molecule has 1 atom stereocenters. The Balaban J connectivity index is 1.95. The van der Waals surface area contributed by atoms with Crippen molar-refractivity contribution in [2.24, 2.45) is 5.41 Å². The van der Waals surface area contributed by atoms with Crippen molar-refractivity contribution in [3.8, 4) is 17.2 Å². The van der Waals surface area contributed by atoms with Gasteiger partial charge in [-0.3, -0.25) is 14.5 Å². The van der Waals surface area contributed by atoms with Crippen molar-refractivity contribution in [1.82, 2.24) is 0 Å². The number of allylic oxidation sites excluding steroid dienone is 2. The van der Waals surface area contributed by atoms with E-state index in [-0.39, 0.29) is 23.5 Å². The predicted molar refractivity (Wildman–Crippen MR) is 122 cm³/mol. The maximum atomic E-state index is 14.0. The largest absolute Gasteiger partial charge is 0.493 e. The van der Waals surface area contributed by atoms with Crippen LogP contribution in [0.2, 0.25) is 0 Å². The number of Topliss-reactive ketones (excluding diaryl/α,β-unsaturated/α-hetero) is 1. The van der Waals surface area contributed by atoms with Crippen molar-refractivity contribution in [2.45, 2.75) is 39.0 Å². The topological polar surface area (TPSA) is 65.1 Å². The lowest BCUT2D eigenvalue weighted by atomic mass is 9.69. The second kappa shape index (κ2) is 8.54. The van der Waals surface area contributed by atoms with Gasteiger partial charge in [0.05, 0.1) is 27.0 Å². The lowest BCUT2D eigenvalue weighted by Crippen LogP contribution is -2.43. The summed E-state index contributed by atoms with van der Waals surface area (Å²) in [5, 5.41) is 0. The van der Waals surface area contributed by atoms with Gasteiger partial charge >= 0.3 is 0 Å². The van der Waals surface area contributed by atoms with Crippen LogP contribution in [0.15, 0.2) is 47.7 Å². The average molecular weight is 454 g/mol. The highest BCUT2D eigenvalue weighted by Gasteiger charge is 2.45. The van der Waals surface area contributed by atoms with E-state index in [1.165, 1.54) is 38.4 Å². The number of methoxy groups -OCH3 is 3. The first-order valence-corrected chi connectivity index (χ1v) is 10.8. The number of amides is 1. The van der Waals surface area contributed by atoms with Gasteiger partial charge in [-0.2, -0.15) is 0 Å². The Morgan fingerprint density at radius 1 is 0.970 bits per heavy atom. The van der Waals surface area contributed by atoms with Gasteiger partial charge in [0, 0.05) is 35.6 Å². The van der Waals surface area contributed by atoms with E-state index in [1.807, 2.05) is 19.9 Å². The molecule has 0 spiro atoms. The van der Waals surface area contributed by atoms with E-state index in [0.717, 1.165) is 0 Å². The Kier molecular flexibility index (Phi) is 5.91. The number of hydrogen-bond donors (Lipinski definition) is 0. The van der Waals surface area contributed by atoms with Crippen LogP contribution in [-0.4, -0.2) is 33.0 Å². The monoisotopic (exact) mass is 453 g/mol. The first-order valence-electron chi connectivity index (χ1n) is 10.8. The third-order valence-corrected chi connectivity index (χ3v) is 6.32. The lowest BCUT2D eigenvalue weighted by Gasteiger charge is -2.43. The predicted octanol–water partition coefficient (Wildman–Crippen LogP) is 5.02. The number of ether oxygens (including phenoxy) is 3. The van der Waals surface area contributed by atoms with E-state index >= 15 is 0 Å². The molecular weight excluding hydrogens is 425 g/mol. The average Bonchev–Trinajstić information content (AvgIpc) is 2.76. The van der Waals surface area contributed by atoms with E-state index in [1.54, 1.807) is 18.2 Å². The van der Waals surface area contributed by atoms with Gasteiger partial charge in [-0.15, -0.1) is 0 Å². The van der Waals surface area contributed by atoms with Gasteiger partial charge in [0.1, 0.15) is 5.82 Å². The standard InChI is InChI=1S/C26H28FNO5/c1-26(2)13-19-23(20(29)14-26)18(12-22(30)28(19)16-8-6-7-15(27)11-16)17-9-10-21(31-3)25(33-5)24(17)32-4/h6-11,18H,12-14H2,1-5H3/t18-/m1/s1. The van der Waals surface area contributed by atoms with Crippen LogP contribution >= 0.6 is 0 Å². The summed E-state index contributed by atoms with van der Waals surface area (Å²) in [6.45, 7) is 4.01. The molecule has 4 rings (SSSR count). The van der Waals surface area contributed by atoms with Crippen LogP contribution in [0.1, 0.15) is 44.6 Å². The fourth-order valence-electron chi connectivity index (χ4n) is 4.99. The first-order chi connectivity index (χ1) is 15.7. The highest BCUT2D eigenvalue weighted by Crippen LogP contribution is 2.52. The van der Waals surface area contributed by atoms with Crippen LogP contribution in [0.25, 0.3) is 0 Å². The number of rotatable bonds is 5. The zero-order chi connectivity index (χ0) is 23.9. The summed E-state index contributed by atoms with van der Waals surface area (Å²) in [7, 11) is 4.57. The Labute approximate surface area is 192 Å². The summed E-state index contributed by atoms with van der Waals surface area (Å²) in [6.07, 6.45) is 0.929. The van der Waals surface area contributed by atoms with Crippen LogP contribution in [0.5, 0.6) is 17.2 Å². The summed E-state index contributed by atoms with van der Waals surface area (Å²) in [6, 6.07) is 9.48. The molecule has 2 aromatic carbocycles. The summed E-state index contributed by atoms with van der Waals surface area (Å²) in [4.78, 5) is 28.5. The van der Waals surface area contributed by atoms with Crippen molar-refractivity contribution in [3.05, 3.63) is 59.0 Å². The number of benzene rings is 2. The number of halogens is 1. The van der Waals surface area contributed by atoms with Gasteiger partial charge in [0.25, 0.3) is 0 Å². The summed E-state index contributed by atoms with van der Waals surface area (Å²) in [5.41, 5.74) is 1.98. The van der Waals surface area contributed by atoms with Crippen molar-refractivity contribution in [1.29, 1.82) is 0 Å². The van der Waals surface area contributed by atoms with Crippen LogP contribution in [0.4, 0.5) is 10.1 Å². The summed E-state index contributed by atoms with van der Waals surface area (Å²) in [5.74, 6) is 0.167. The maximum absolute atomic E-state index is 14.0. The van der Waals surface area contributed by atoms with Gasteiger partial charge < -0.3 is 14.2 Å². The first kappa shape index (κ1) is 22.8. The van der Waals surface area contributed by atoms with Gasteiger partial charge in [0.15, 0.2) is 17.3 Å². The summed E-state index contributed by atoms with van der Waals surface area (Å²) >= 11 is 0. The molecule has 2 aromatic rings. The Morgan fingerprint density at radius 2 is 1.70 bits per heavy atom. The molecule has 0 fully saturated rings. The second-order valence-corrected chi connectivity index (χ2v) is 9.19. The molecule has 1 aliphatic heterocycles. The zero-order valence-electron chi connectivity index (χ0n) is 19.5. The molecule has 0 bridgehead atoms. The molecule has 0 unspecified atom stereocenters. The molecule has 1 aliphatic carbocycles. The van der Waals surface area contributed by atoms with Crippen LogP contribution in [-0.2, 0) is 9.59 Å². The van der Waals surface area contributed by atoms with Gasteiger partial charge in [0.2, 0.25) is 11.7 Å². The minimum atomic E-state index is -0.504. The molecule has 6 nitrogen and oxygen atoms in total. The highest BCUT2D eigenvalue weighted by atomic mass is 19.1. The van der Waals surface area contributed by atoms with E-state index < -0.39 is 11.7 Å². The molecule has 0 N–H and O–H groups in total. The molecule has 33 heavy (non-hydrogen) atoms. The van der Waals surface area contributed by atoms with Crippen molar-refractivity contribution < 1.29 is 28.2 Å². The Morgan fingerprint density at radius 3 is 2.33 bits per heavy atom. The molecule has 0 saturated heterocycles. The SMILES string of the molecule is COc1ccc([C@H]2CC(=O)N(c3cccc(F)c3)C3=C2C(=O)CC(C)(C)C3)c(OC)c1OC. The minimum absolute atomic E-state index is 0.0167. The third kappa shape index (κ3) is 3.96. The summed E-state index contributed by atoms with van der Waals surface area (Å²) < 4.78 is 30.6. The van der Waals surface area contributed by atoms with E-state index in [9.17, 15) is 14.0 Å². The van der Waals surface area contributed by atoms with E-state index in [2.05, 4.69) is 0 Å². The van der Waals surface area contributed by atoms with E-state index in [4.69, 9.17) is 14.2 Å². The van der Waals surface area contributed by atoms with Crippen LogP contribution < -0.4 is 19.1 Å². The molecule has 0 saturated carbocycles. The minimum Gasteiger partial charge on any atom is -0.493 e. The molecular formula is C26H28FNO5. The molecule has 1 amide bonds. The molecule has 0 aromatic heterocycles. The van der Waals surface area contributed by atoms with E-state index in [0.29, 0.717) is 52.6 Å². The highest BCUT2D eigenvalue weighted by molar-refractivity contribution is 6.08. The number of carbonyl (C=O) groups excluding carboxylic acids is 2. The fourth-order valence-corrected chi connectivity index (χ4v) is 4.99. The van der Waals surface area contributed by atoms with Gasteiger partial charge in [-0.1, -0.05) is 26.0 Å².